The molecule has 1 unspecified atom stereocenters. The van der Waals surface area contributed by atoms with Gasteiger partial charge >= 0.3 is 0 Å². The van der Waals surface area contributed by atoms with E-state index in [1.165, 1.54) is 0 Å². The van der Waals surface area contributed by atoms with Crippen LogP contribution in [-0.4, -0.2) is 70.0 Å². The molecule has 9 heteroatoms. The largest absolute Gasteiger partial charge is 0.494 e. The standard InChI is InChI=1S/C34H39N7O2/c1-43-31-14-13-27-10-7-16-36-33(27)34(31)40-22-9-21-39(24-25-40)30(26-32(42)35-17-8-20-38-18-5-6-19-38)29-15-23-41(37-29)28-11-3-2-4-12-28/h2-7,10-16,18-19,23,30H,8-9,17,20-22,24-26H2,1H3,(H,35,42). The second-order valence-electron chi connectivity index (χ2n) is 10.9. The number of carbonyl (C=O) groups is 1. The lowest BCUT2D eigenvalue weighted by atomic mass is 10.1. The van der Waals surface area contributed by atoms with Gasteiger partial charge in [-0.25, -0.2) is 4.68 Å². The second kappa shape index (κ2) is 13.6. The summed E-state index contributed by atoms with van der Waals surface area (Å²) >= 11 is 0. The predicted octanol–water partition coefficient (Wildman–Crippen LogP) is 5.08. The Labute approximate surface area is 252 Å². The van der Waals surface area contributed by atoms with Crippen LogP contribution in [0.25, 0.3) is 16.6 Å². The molecule has 1 atom stereocenters. The van der Waals surface area contributed by atoms with Crippen LogP contribution < -0.4 is 15.0 Å². The lowest BCUT2D eigenvalue weighted by Crippen LogP contribution is -2.37. The van der Waals surface area contributed by atoms with Crippen molar-refractivity contribution in [2.24, 2.45) is 0 Å². The van der Waals surface area contributed by atoms with E-state index in [1.54, 1.807) is 7.11 Å². The van der Waals surface area contributed by atoms with Crippen molar-refractivity contribution in [3.05, 3.63) is 103 Å². The van der Waals surface area contributed by atoms with Crippen molar-refractivity contribution in [3.8, 4) is 11.4 Å². The minimum atomic E-state index is -0.137. The molecule has 4 heterocycles. The van der Waals surface area contributed by atoms with Crippen molar-refractivity contribution < 1.29 is 9.53 Å². The lowest BCUT2D eigenvalue weighted by molar-refractivity contribution is -0.122. The van der Waals surface area contributed by atoms with Crippen LogP contribution in [0.2, 0.25) is 0 Å². The zero-order valence-electron chi connectivity index (χ0n) is 24.7. The van der Waals surface area contributed by atoms with E-state index in [2.05, 4.69) is 37.9 Å². The van der Waals surface area contributed by atoms with Gasteiger partial charge < -0.3 is 19.5 Å². The van der Waals surface area contributed by atoms with E-state index < -0.39 is 0 Å². The second-order valence-corrected chi connectivity index (χ2v) is 10.9. The number of nitrogens with zero attached hydrogens (tertiary/aromatic N) is 6. The normalized spacial score (nSPS) is 14.9. The Morgan fingerprint density at radius 3 is 2.63 bits per heavy atom. The van der Waals surface area contributed by atoms with Crippen LogP contribution in [-0.2, 0) is 11.3 Å². The van der Waals surface area contributed by atoms with E-state index in [-0.39, 0.29) is 11.9 Å². The number of fused-ring (bicyclic) bond motifs is 1. The van der Waals surface area contributed by atoms with Gasteiger partial charge in [-0.3, -0.25) is 14.7 Å². The highest BCUT2D eigenvalue weighted by Gasteiger charge is 2.29. The van der Waals surface area contributed by atoms with Crippen molar-refractivity contribution in [2.75, 3.05) is 44.7 Å². The molecule has 6 rings (SSSR count). The summed E-state index contributed by atoms with van der Waals surface area (Å²) in [6.07, 6.45) is 10.1. The fourth-order valence-electron chi connectivity index (χ4n) is 5.97. The number of pyridine rings is 1. The summed E-state index contributed by atoms with van der Waals surface area (Å²) in [7, 11) is 1.72. The highest BCUT2D eigenvalue weighted by molar-refractivity contribution is 5.94. The molecule has 0 radical (unpaired) electrons. The van der Waals surface area contributed by atoms with E-state index in [0.717, 1.165) is 79.3 Å². The number of ether oxygens (including phenoxy) is 1. The molecule has 1 amide bonds. The summed E-state index contributed by atoms with van der Waals surface area (Å²) in [6.45, 7) is 4.84. The average molecular weight is 578 g/mol. The number of nitrogens with one attached hydrogen (secondary N) is 1. The Morgan fingerprint density at radius 2 is 1.79 bits per heavy atom. The maximum absolute atomic E-state index is 13.3. The third-order valence-electron chi connectivity index (χ3n) is 8.15. The van der Waals surface area contributed by atoms with Gasteiger partial charge in [0.2, 0.25) is 5.91 Å². The molecule has 2 aromatic carbocycles. The zero-order chi connectivity index (χ0) is 29.4. The van der Waals surface area contributed by atoms with Crippen molar-refractivity contribution in [2.45, 2.75) is 31.8 Å². The quantitative estimate of drug-likeness (QED) is 0.221. The molecule has 1 N–H and O–H groups in total. The fraction of sp³-hybridized carbons (Fsp3) is 0.324. The first-order valence-electron chi connectivity index (χ1n) is 15.1. The summed E-state index contributed by atoms with van der Waals surface area (Å²) < 4.78 is 9.83. The maximum atomic E-state index is 13.3. The van der Waals surface area contributed by atoms with Crippen molar-refractivity contribution >= 4 is 22.5 Å². The Hall–Kier alpha value is -4.63. The van der Waals surface area contributed by atoms with Crippen LogP contribution in [0.3, 0.4) is 0 Å². The molecular weight excluding hydrogens is 538 g/mol. The summed E-state index contributed by atoms with van der Waals surface area (Å²) in [5.74, 6) is 0.880. The van der Waals surface area contributed by atoms with E-state index >= 15 is 0 Å². The molecule has 9 nitrogen and oxygen atoms in total. The molecule has 1 aliphatic heterocycles. The van der Waals surface area contributed by atoms with Crippen LogP contribution in [0.1, 0.15) is 31.0 Å². The Kier molecular flexibility index (Phi) is 8.99. The number of hydrogen-bond donors (Lipinski definition) is 1. The molecule has 0 aliphatic carbocycles. The van der Waals surface area contributed by atoms with Gasteiger partial charge in [0.25, 0.3) is 0 Å². The number of carbonyl (C=O) groups excluding carboxylic acids is 1. The smallest absolute Gasteiger partial charge is 0.221 e. The number of rotatable bonds is 11. The summed E-state index contributed by atoms with van der Waals surface area (Å²) in [4.78, 5) is 22.8. The van der Waals surface area contributed by atoms with Crippen LogP contribution in [0.5, 0.6) is 5.75 Å². The fourth-order valence-corrected chi connectivity index (χ4v) is 5.97. The number of anilines is 1. The Bertz CT molecular complexity index is 1620. The van der Waals surface area contributed by atoms with E-state index in [4.69, 9.17) is 14.8 Å². The summed E-state index contributed by atoms with van der Waals surface area (Å²) in [5, 5.41) is 9.22. The van der Waals surface area contributed by atoms with Crippen LogP contribution in [0.4, 0.5) is 5.69 Å². The molecule has 5 aromatic rings. The third kappa shape index (κ3) is 6.73. The molecule has 3 aromatic heterocycles. The molecule has 1 aliphatic rings. The molecule has 43 heavy (non-hydrogen) atoms. The maximum Gasteiger partial charge on any atom is 0.221 e. The van der Waals surface area contributed by atoms with Crippen molar-refractivity contribution in [3.63, 3.8) is 0 Å². The predicted molar refractivity (Wildman–Crippen MR) is 170 cm³/mol. The molecule has 1 saturated heterocycles. The zero-order valence-corrected chi connectivity index (χ0v) is 24.7. The van der Waals surface area contributed by atoms with Gasteiger partial charge in [-0.15, -0.1) is 0 Å². The Balaban J connectivity index is 1.20. The number of benzene rings is 2. The van der Waals surface area contributed by atoms with Gasteiger partial charge in [-0.2, -0.15) is 5.10 Å². The molecule has 222 valence electrons. The molecular formula is C34H39N7O2. The van der Waals surface area contributed by atoms with Crippen LogP contribution >= 0.6 is 0 Å². The minimum Gasteiger partial charge on any atom is -0.494 e. The minimum absolute atomic E-state index is 0.0489. The highest BCUT2D eigenvalue weighted by atomic mass is 16.5. The first-order valence-corrected chi connectivity index (χ1v) is 15.1. The number of amides is 1. The van der Waals surface area contributed by atoms with Gasteiger partial charge in [0.15, 0.2) is 0 Å². The van der Waals surface area contributed by atoms with E-state index in [0.29, 0.717) is 13.0 Å². The molecule has 0 saturated carbocycles. The lowest BCUT2D eigenvalue weighted by Gasteiger charge is -2.30. The third-order valence-corrected chi connectivity index (χ3v) is 8.15. The van der Waals surface area contributed by atoms with Gasteiger partial charge in [0.1, 0.15) is 11.4 Å². The SMILES string of the molecule is COc1ccc2cccnc2c1N1CCCN(C(CC(=O)NCCCn2cccc2)c2ccn(-c3ccccc3)n2)CC1. The van der Waals surface area contributed by atoms with E-state index in [9.17, 15) is 4.79 Å². The first-order chi connectivity index (χ1) is 21.2. The summed E-state index contributed by atoms with van der Waals surface area (Å²) in [6, 6.07) is 24.2. The van der Waals surface area contributed by atoms with Gasteiger partial charge in [-0.05, 0) is 61.4 Å². The Morgan fingerprint density at radius 1 is 0.930 bits per heavy atom. The van der Waals surface area contributed by atoms with E-state index in [1.807, 2.05) is 84.1 Å². The first kappa shape index (κ1) is 28.5. The van der Waals surface area contributed by atoms with Gasteiger partial charge in [0, 0.05) is 75.9 Å². The van der Waals surface area contributed by atoms with Crippen LogP contribution in [0.15, 0.2) is 97.6 Å². The summed E-state index contributed by atoms with van der Waals surface area (Å²) in [5.41, 5.74) is 3.89. The number of hydrogen-bond acceptors (Lipinski definition) is 6. The highest BCUT2D eigenvalue weighted by Crippen LogP contribution is 2.36. The average Bonchev–Trinajstić information content (AvgIpc) is 3.70. The topological polar surface area (TPSA) is 80.5 Å². The monoisotopic (exact) mass is 577 g/mol. The number of aromatic nitrogens is 4. The molecule has 0 bridgehead atoms. The molecule has 0 spiro atoms. The number of methoxy groups -OCH3 is 1. The molecule has 1 fully saturated rings. The number of para-hydroxylation sites is 1. The van der Waals surface area contributed by atoms with Gasteiger partial charge in [-0.1, -0.05) is 24.3 Å². The number of aryl methyl sites for hydroxylation is 1. The van der Waals surface area contributed by atoms with Crippen molar-refractivity contribution in [1.82, 2.24) is 29.5 Å². The van der Waals surface area contributed by atoms with Gasteiger partial charge in [0.05, 0.1) is 30.0 Å². The van der Waals surface area contributed by atoms with Crippen LogP contribution in [0, 0.1) is 0 Å². The van der Waals surface area contributed by atoms with Crippen molar-refractivity contribution in [1.29, 1.82) is 0 Å².